The number of halogens is 2. The molecule has 0 radical (unpaired) electrons. The van der Waals surface area contributed by atoms with Crippen molar-refractivity contribution in [1.82, 2.24) is 0 Å². The highest BCUT2D eigenvalue weighted by molar-refractivity contribution is 6.62. The van der Waals surface area contributed by atoms with Crippen LogP contribution in [0.3, 0.4) is 0 Å². The van der Waals surface area contributed by atoms with Gasteiger partial charge in [0, 0.05) is 0 Å². The molecule has 0 bridgehead atoms. The maximum absolute atomic E-state index is 14.0. The monoisotopic (exact) mass is 316 g/mol. The van der Waals surface area contributed by atoms with Crippen LogP contribution in [-0.2, 0) is 9.31 Å². The van der Waals surface area contributed by atoms with Crippen molar-refractivity contribution in [1.29, 1.82) is 0 Å². The molecule has 2 aromatic carbocycles. The molecule has 120 valence electrons. The summed E-state index contributed by atoms with van der Waals surface area (Å²) in [6, 6.07) is 10.6. The molecule has 5 heteroatoms. The molecule has 1 saturated heterocycles. The van der Waals surface area contributed by atoms with Gasteiger partial charge in [0.2, 0.25) is 0 Å². The van der Waals surface area contributed by atoms with Crippen LogP contribution in [0.1, 0.15) is 27.7 Å². The van der Waals surface area contributed by atoms with E-state index < -0.39 is 24.1 Å². The molecule has 23 heavy (non-hydrogen) atoms. The molecule has 3 rings (SSSR count). The number of hydrogen-bond acceptors (Lipinski definition) is 2. The Morgan fingerprint density at radius 1 is 0.783 bits per heavy atom. The van der Waals surface area contributed by atoms with Gasteiger partial charge in [0.05, 0.1) is 11.2 Å². The second-order valence-electron chi connectivity index (χ2n) is 6.87. The fourth-order valence-electron chi connectivity index (χ4n) is 2.56. The van der Waals surface area contributed by atoms with Gasteiger partial charge in [0.15, 0.2) is 0 Å². The van der Waals surface area contributed by atoms with Crippen molar-refractivity contribution in [3.8, 4) is 11.1 Å². The van der Waals surface area contributed by atoms with Gasteiger partial charge in [-0.2, -0.15) is 0 Å². The van der Waals surface area contributed by atoms with Crippen LogP contribution in [-0.4, -0.2) is 18.3 Å². The molecule has 1 fully saturated rings. The topological polar surface area (TPSA) is 18.5 Å². The van der Waals surface area contributed by atoms with Gasteiger partial charge >= 0.3 is 7.12 Å². The lowest BCUT2D eigenvalue weighted by Crippen LogP contribution is -2.41. The summed E-state index contributed by atoms with van der Waals surface area (Å²) >= 11 is 0. The SMILES string of the molecule is CC1(C)OB(c2cc(F)cc(-c3cccc(F)c3)c2)OC1(C)C. The Bertz CT molecular complexity index is 728. The summed E-state index contributed by atoms with van der Waals surface area (Å²) in [5.41, 5.74) is 0.797. The van der Waals surface area contributed by atoms with Crippen LogP contribution in [0.4, 0.5) is 8.78 Å². The molecule has 0 spiro atoms. The Kier molecular flexibility index (Phi) is 3.81. The van der Waals surface area contributed by atoms with Crippen molar-refractivity contribution >= 4 is 12.6 Å². The smallest absolute Gasteiger partial charge is 0.399 e. The van der Waals surface area contributed by atoms with Gasteiger partial charge in [-0.15, -0.1) is 0 Å². The summed E-state index contributed by atoms with van der Waals surface area (Å²) in [4.78, 5) is 0. The van der Waals surface area contributed by atoms with E-state index in [-0.39, 0.29) is 5.82 Å². The largest absolute Gasteiger partial charge is 0.494 e. The van der Waals surface area contributed by atoms with E-state index in [4.69, 9.17) is 9.31 Å². The third-order valence-corrected chi connectivity index (χ3v) is 4.60. The van der Waals surface area contributed by atoms with Gasteiger partial charge in [-0.05, 0) is 68.6 Å². The first-order chi connectivity index (χ1) is 10.7. The fourth-order valence-corrected chi connectivity index (χ4v) is 2.56. The van der Waals surface area contributed by atoms with Gasteiger partial charge in [-0.3, -0.25) is 0 Å². The van der Waals surface area contributed by atoms with Gasteiger partial charge < -0.3 is 9.31 Å². The van der Waals surface area contributed by atoms with Crippen molar-refractivity contribution in [3.05, 3.63) is 54.1 Å². The highest BCUT2D eigenvalue weighted by Crippen LogP contribution is 2.36. The second-order valence-corrected chi connectivity index (χ2v) is 6.87. The lowest BCUT2D eigenvalue weighted by atomic mass is 9.78. The molecule has 2 aromatic rings. The first-order valence-electron chi connectivity index (χ1n) is 7.60. The molecule has 0 amide bonds. The summed E-state index contributed by atoms with van der Waals surface area (Å²) in [7, 11) is -0.650. The Morgan fingerprint density at radius 2 is 1.39 bits per heavy atom. The van der Waals surface area contributed by atoms with Crippen LogP contribution >= 0.6 is 0 Å². The van der Waals surface area contributed by atoms with Crippen molar-refractivity contribution in [2.75, 3.05) is 0 Å². The zero-order chi connectivity index (χ0) is 16.8. The quantitative estimate of drug-likeness (QED) is 0.782. The summed E-state index contributed by atoms with van der Waals surface area (Å²) in [6.07, 6.45) is 0. The van der Waals surface area contributed by atoms with Crippen molar-refractivity contribution in [2.24, 2.45) is 0 Å². The average molecular weight is 316 g/mol. The van der Waals surface area contributed by atoms with Crippen LogP contribution in [0.15, 0.2) is 42.5 Å². The van der Waals surface area contributed by atoms with Gasteiger partial charge in [-0.25, -0.2) is 8.78 Å². The third-order valence-electron chi connectivity index (χ3n) is 4.60. The Labute approximate surface area is 135 Å². The van der Waals surface area contributed by atoms with E-state index in [0.717, 1.165) is 0 Å². The van der Waals surface area contributed by atoms with Crippen molar-refractivity contribution < 1.29 is 18.1 Å². The van der Waals surface area contributed by atoms with Crippen LogP contribution in [0.25, 0.3) is 11.1 Å². The summed E-state index contributed by atoms with van der Waals surface area (Å²) in [5, 5.41) is 0. The van der Waals surface area contributed by atoms with Crippen LogP contribution in [0.5, 0.6) is 0 Å². The molecule has 0 N–H and O–H groups in total. The molecule has 0 saturated carbocycles. The zero-order valence-corrected chi connectivity index (χ0v) is 13.7. The Hall–Kier alpha value is -1.72. The van der Waals surface area contributed by atoms with E-state index in [9.17, 15) is 8.78 Å². The lowest BCUT2D eigenvalue weighted by Gasteiger charge is -2.32. The molecule has 0 atom stereocenters. The van der Waals surface area contributed by atoms with E-state index in [1.165, 1.54) is 24.3 Å². The Balaban J connectivity index is 1.99. The molecular weight excluding hydrogens is 297 g/mol. The number of rotatable bonds is 2. The molecule has 0 aliphatic carbocycles. The predicted molar refractivity (Wildman–Crippen MR) is 87.5 cm³/mol. The standard InChI is InChI=1S/C18H19BF2O2/c1-17(2)18(3,4)23-19(22-17)14-8-13(10-16(21)11-14)12-6-5-7-15(20)9-12/h5-11H,1-4H3. The minimum Gasteiger partial charge on any atom is -0.399 e. The van der Waals surface area contributed by atoms with Gasteiger partial charge in [0.1, 0.15) is 11.6 Å². The van der Waals surface area contributed by atoms with E-state index in [2.05, 4.69) is 0 Å². The second kappa shape index (κ2) is 5.43. The van der Waals surface area contributed by atoms with E-state index >= 15 is 0 Å². The van der Waals surface area contributed by atoms with Crippen LogP contribution in [0.2, 0.25) is 0 Å². The minimum absolute atomic E-state index is 0.357. The zero-order valence-electron chi connectivity index (χ0n) is 13.7. The van der Waals surface area contributed by atoms with Crippen molar-refractivity contribution in [2.45, 2.75) is 38.9 Å². The molecule has 1 aliphatic heterocycles. The van der Waals surface area contributed by atoms with E-state index in [1.807, 2.05) is 27.7 Å². The maximum atomic E-state index is 14.0. The first-order valence-corrected chi connectivity index (χ1v) is 7.60. The van der Waals surface area contributed by atoms with Crippen LogP contribution in [0, 0.1) is 11.6 Å². The van der Waals surface area contributed by atoms with Gasteiger partial charge in [-0.1, -0.05) is 18.2 Å². The van der Waals surface area contributed by atoms with Crippen LogP contribution < -0.4 is 5.46 Å². The molecule has 1 aliphatic rings. The predicted octanol–water partition coefficient (Wildman–Crippen LogP) is 3.93. The van der Waals surface area contributed by atoms with Crippen molar-refractivity contribution in [3.63, 3.8) is 0 Å². The number of hydrogen-bond donors (Lipinski definition) is 0. The average Bonchev–Trinajstić information content (AvgIpc) is 2.67. The molecule has 1 heterocycles. The number of benzene rings is 2. The summed E-state index contributed by atoms with van der Waals surface area (Å²) < 4.78 is 39.4. The minimum atomic E-state index is -0.650. The highest BCUT2D eigenvalue weighted by atomic mass is 19.1. The fraction of sp³-hybridized carbons (Fsp3) is 0.333. The third kappa shape index (κ3) is 3.03. The lowest BCUT2D eigenvalue weighted by molar-refractivity contribution is 0.00578. The molecule has 0 aromatic heterocycles. The van der Waals surface area contributed by atoms with Gasteiger partial charge in [0.25, 0.3) is 0 Å². The van der Waals surface area contributed by atoms with E-state index in [0.29, 0.717) is 16.6 Å². The maximum Gasteiger partial charge on any atom is 0.494 e. The summed E-state index contributed by atoms with van der Waals surface area (Å²) in [6.45, 7) is 7.78. The summed E-state index contributed by atoms with van der Waals surface area (Å²) in [5.74, 6) is -0.764. The van der Waals surface area contributed by atoms with E-state index in [1.54, 1.807) is 18.2 Å². The molecule has 0 unspecified atom stereocenters. The molecular formula is C18H19BF2O2. The first kappa shape index (κ1) is 16.2. The normalized spacial score (nSPS) is 19.1. The Morgan fingerprint density at radius 3 is 2.00 bits per heavy atom. The highest BCUT2D eigenvalue weighted by Gasteiger charge is 2.51. The molecule has 2 nitrogen and oxygen atoms in total.